The van der Waals surface area contributed by atoms with Crippen LogP contribution < -0.4 is 18.9 Å². The Hall–Kier alpha value is -2.40. The number of methoxy groups -OCH3 is 4. The molecule has 1 atom stereocenters. The van der Waals surface area contributed by atoms with Crippen LogP contribution in [0.2, 0.25) is 0 Å². The lowest BCUT2D eigenvalue weighted by atomic mass is 9.87. The van der Waals surface area contributed by atoms with E-state index in [0.717, 1.165) is 41.5 Å². The molecule has 0 radical (unpaired) electrons. The molecule has 0 spiro atoms. The van der Waals surface area contributed by atoms with E-state index in [1.807, 2.05) is 12.1 Å². The fourth-order valence-electron chi connectivity index (χ4n) is 3.60. The standard InChI is InChI=1S/C20H25NO4/c1-21-10-9-13-11-17(23-3)18(24-4)12-15(13)19(21)14-7-6-8-16(22-2)20(14)25-5/h6-8,11-12,19H,9-10H2,1-5H3. The van der Waals surface area contributed by atoms with E-state index in [2.05, 4.69) is 30.1 Å². The number of para-hydroxylation sites is 1. The Labute approximate surface area is 149 Å². The van der Waals surface area contributed by atoms with Crippen LogP contribution in [0.5, 0.6) is 23.0 Å². The van der Waals surface area contributed by atoms with Crippen LogP contribution in [0.3, 0.4) is 0 Å². The summed E-state index contributed by atoms with van der Waals surface area (Å²) in [6.07, 6.45) is 0.967. The van der Waals surface area contributed by atoms with Gasteiger partial charge in [-0.05, 0) is 42.8 Å². The second-order valence-corrected chi connectivity index (χ2v) is 6.12. The van der Waals surface area contributed by atoms with Crippen LogP contribution in [-0.2, 0) is 6.42 Å². The quantitative estimate of drug-likeness (QED) is 0.833. The van der Waals surface area contributed by atoms with Gasteiger partial charge >= 0.3 is 0 Å². The van der Waals surface area contributed by atoms with Crippen molar-refractivity contribution in [2.45, 2.75) is 12.5 Å². The average Bonchev–Trinajstić information content (AvgIpc) is 2.66. The number of nitrogens with zero attached hydrogens (tertiary/aromatic N) is 1. The fraction of sp³-hybridized carbons (Fsp3) is 0.400. The zero-order valence-electron chi connectivity index (χ0n) is 15.5. The van der Waals surface area contributed by atoms with Crippen molar-refractivity contribution in [3.8, 4) is 23.0 Å². The minimum absolute atomic E-state index is 0.0635. The smallest absolute Gasteiger partial charge is 0.165 e. The normalized spacial score (nSPS) is 16.9. The molecule has 1 aliphatic rings. The third kappa shape index (κ3) is 3.00. The molecule has 0 saturated carbocycles. The van der Waals surface area contributed by atoms with Gasteiger partial charge in [0.15, 0.2) is 23.0 Å². The van der Waals surface area contributed by atoms with Gasteiger partial charge in [0, 0.05) is 12.1 Å². The average molecular weight is 343 g/mol. The lowest BCUT2D eigenvalue weighted by Gasteiger charge is -2.36. The third-order valence-electron chi connectivity index (χ3n) is 4.84. The minimum Gasteiger partial charge on any atom is -0.493 e. The first-order valence-corrected chi connectivity index (χ1v) is 8.30. The zero-order chi connectivity index (χ0) is 18.0. The molecule has 0 N–H and O–H groups in total. The molecule has 0 aromatic heterocycles. The maximum atomic E-state index is 5.68. The van der Waals surface area contributed by atoms with E-state index in [4.69, 9.17) is 18.9 Å². The summed E-state index contributed by atoms with van der Waals surface area (Å²) in [7, 11) is 8.80. The van der Waals surface area contributed by atoms with Crippen LogP contribution in [0.4, 0.5) is 0 Å². The van der Waals surface area contributed by atoms with Crippen LogP contribution in [-0.4, -0.2) is 46.9 Å². The molecule has 2 aromatic carbocycles. The minimum atomic E-state index is 0.0635. The van der Waals surface area contributed by atoms with Gasteiger partial charge in [0.2, 0.25) is 0 Å². The van der Waals surface area contributed by atoms with E-state index in [9.17, 15) is 0 Å². The maximum absolute atomic E-state index is 5.68. The first-order chi connectivity index (χ1) is 12.1. The molecule has 1 unspecified atom stereocenters. The Morgan fingerprint density at radius 1 is 0.840 bits per heavy atom. The van der Waals surface area contributed by atoms with Crippen LogP contribution >= 0.6 is 0 Å². The number of benzene rings is 2. The first-order valence-electron chi connectivity index (χ1n) is 8.30. The molecule has 0 saturated heterocycles. The molecule has 25 heavy (non-hydrogen) atoms. The zero-order valence-corrected chi connectivity index (χ0v) is 15.5. The molecule has 1 aliphatic heterocycles. The SMILES string of the molecule is COc1cc2c(cc1OC)C(c1cccc(OC)c1OC)N(C)CC2. The second kappa shape index (κ2) is 7.23. The first kappa shape index (κ1) is 17.4. The number of hydrogen-bond acceptors (Lipinski definition) is 5. The molecule has 0 bridgehead atoms. The highest BCUT2D eigenvalue weighted by atomic mass is 16.5. The van der Waals surface area contributed by atoms with Crippen molar-refractivity contribution >= 4 is 0 Å². The molecule has 0 fully saturated rings. The molecule has 3 rings (SSSR count). The highest BCUT2D eigenvalue weighted by Crippen LogP contribution is 2.44. The van der Waals surface area contributed by atoms with Gasteiger partial charge in [0.25, 0.3) is 0 Å². The van der Waals surface area contributed by atoms with Gasteiger partial charge in [-0.3, -0.25) is 4.90 Å². The molecule has 0 aliphatic carbocycles. The van der Waals surface area contributed by atoms with Gasteiger partial charge < -0.3 is 18.9 Å². The summed E-state index contributed by atoms with van der Waals surface area (Å²) >= 11 is 0. The van der Waals surface area contributed by atoms with Gasteiger partial charge in [-0.25, -0.2) is 0 Å². The van der Waals surface area contributed by atoms with E-state index < -0.39 is 0 Å². The molecule has 134 valence electrons. The summed E-state index contributed by atoms with van der Waals surface area (Å²) in [6, 6.07) is 10.2. The summed E-state index contributed by atoms with van der Waals surface area (Å²) < 4.78 is 22.2. The van der Waals surface area contributed by atoms with Crippen molar-refractivity contribution < 1.29 is 18.9 Å². The summed E-state index contributed by atoms with van der Waals surface area (Å²) in [5, 5.41) is 0. The third-order valence-corrected chi connectivity index (χ3v) is 4.84. The molecule has 5 heteroatoms. The molecular weight excluding hydrogens is 318 g/mol. The summed E-state index contributed by atoms with van der Waals surface area (Å²) in [5.74, 6) is 3.01. The number of ether oxygens (including phenoxy) is 4. The van der Waals surface area contributed by atoms with E-state index in [1.165, 1.54) is 11.1 Å². The van der Waals surface area contributed by atoms with Gasteiger partial charge in [0.1, 0.15) is 0 Å². The highest BCUT2D eigenvalue weighted by Gasteiger charge is 2.31. The van der Waals surface area contributed by atoms with Crippen LogP contribution in [0.25, 0.3) is 0 Å². The second-order valence-electron chi connectivity index (χ2n) is 6.12. The van der Waals surface area contributed by atoms with Crippen LogP contribution in [0.15, 0.2) is 30.3 Å². The van der Waals surface area contributed by atoms with Crippen molar-refractivity contribution in [2.24, 2.45) is 0 Å². The van der Waals surface area contributed by atoms with Gasteiger partial charge in [0.05, 0.1) is 34.5 Å². The van der Waals surface area contributed by atoms with Gasteiger partial charge in [-0.2, -0.15) is 0 Å². The predicted molar refractivity (Wildman–Crippen MR) is 97.3 cm³/mol. The number of hydrogen-bond donors (Lipinski definition) is 0. The molecule has 1 heterocycles. The Morgan fingerprint density at radius 2 is 1.52 bits per heavy atom. The topological polar surface area (TPSA) is 40.2 Å². The van der Waals surface area contributed by atoms with Crippen LogP contribution in [0.1, 0.15) is 22.7 Å². The van der Waals surface area contributed by atoms with E-state index in [-0.39, 0.29) is 6.04 Å². The Balaban J connectivity index is 2.19. The lowest BCUT2D eigenvalue weighted by molar-refractivity contribution is 0.254. The molecule has 5 nitrogen and oxygen atoms in total. The van der Waals surface area contributed by atoms with E-state index in [0.29, 0.717) is 0 Å². The van der Waals surface area contributed by atoms with Gasteiger partial charge in [-0.1, -0.05) is 12.1 Å². The van der Waals surface area contributed by atoms with Crippen LogP contribution in [0, 0.1) is 0 Å². The highest BCUT2D eigenvalue weighted by molar-refractivity contribution is 5.56. The Bertz CT molecular complexity index is 760. The predicted octanol–water partition coefficient (Wildman–Crippen LogP) is 3.30. The van der Waals surface area contributed by atoms with Crippen molar-refractivity contribution in [1.29, 1.82) is 0 Å². The fourth-order valence-corrected chi connectivity index (χ4v) is 3.60. The van der Waals surface area contributed by atoms with Crippen molar-refractivity contribution in [3.05, 3.63) is 47.0 Å². The Kier molecular flexibility index (Phi) is 5.04. The van der Waals surface area contributed by atoms with Crippen molar-refractivity contribution in [3.63, 3.8) is 0 Å². The summed E-state index contributed by atoms with van der Waals surface area (Å²) in [6.45, 7) is 0.952. The molecule has 0 amide bonds. The number of fused-ring (bicyclic) bond motifs is 1. The molecular formula is C20H25NO4. The number of likely N-dealkylation sites (N-methyl/N-ethyl adjacent to an activating group) is 1. The maximum Gasteiger partial charge on any atom is 0.165 e. The molecule has 2 aromatic rings. The van der Waals surface area contributed by atoms with E-state index in [1.54, 1.807) is 28.4 Å². The number of rotatable bonds is 5. The van der Waals surface area contributed by atoms with Gasteiger partial charge in [-0.15, -0.1) is 0 Å². The van der Waals surface area contributed by atoms with E-state index >= 15 is 0 Å². The Morgan fingerprint density at radius 3 is 2.16 bits per heavy atom. The summed E-state index contributed by atoms with van der Waals surface area (Å²) in [4.78, 5) is 2.32. The largest absolute Gasteiger partial charge is 0.493 e. The monoisotopic (exact) mass is 343 g/mol. The summed E-state index contributed by atoms with van der Waals surface area (Å²) in [5.41, 5.74) is 3.56. The van der Waals surface area contributed by atoms with Crippen molar-refractivity contribution in [1.82, 2.24) is 4.90 Å². The van der Waals surface area contributed by atoms with Crippen molar-refractivity contribution in [2.75, 3.05) is 42.0 Å². The lowest BCUT2D eigenvalue weighted by Crippen LogP contribution is -2.33.